The highest BCUT2D eigenvalue weighted by Crippen LogP contribution is 2.21. The summed E-state index contributed by atoms with van der Waals surface area (Å²) < 4.78 is 0. The molecule has 0 fully saturated rings. The first-order valence-electron chi connectivity index (χ1n) is 6.09. The average Bonchev–Trinajstić information content (AvgIpc) is 2.42. The molecule has 2 aromatic heterocycles. The van der Waals surface area contributed by atoms with Gasteiger partial charge in [-0.1, -0.05) is 0 Å². The highest BCUT2D eigenvalue weighted by atomic mass is 16.3. The third-order valence-electron chi connectivity index (χ3n) is 2.87. The Labute approximate surface area is 115 Å². The molecule has 100 valence electrons. The number of fused-ring (bicyclic) bond motifs is 1. The Kier molecular flexibility index (Phi) is 2.83. The number of anilines is 3. The predicted octanol–water partition coefficient (Wildman–Crippen LogP) is 2.36. The molecule has 1 aromatic carbocycles. The minimum absolute atomic E-state index is 0.224. The van der Waals surface area contributed by atoms with Crippen LogP contribution in [-0.2, 0) is 0 Å². The number of pyridine rings is 1. The van der Waals surface area contributed by atoms with Crippen molar-refractivity contribution in [1.29, 1.82) is 0 Å². The molecule has 0 bridgehead atoms. The first kappa shape index (κ1) is 12.2. The zero-order valence-corrected chi connectivity index (χ0v) is 10.8. The van der Waals surface area contributed by atoms with Crippen molar-refractivity contribution >= 4 is 28.5 Å². The maximum absolute atomic E-state index is 9.25. The van der Waals surface area contributed by atoms with Crippen LogP contribution in [0.15, 0.2) is 36.4 Å². The number of hydrogen-bond acceptors (Lipinski definition) is 6. The van der Waals surface area contributed by atoms with Crippen molar-refractivity contribution in [2.75, 3.05) is 11.1 Å². The third-order valence-corrected chi connectivity index (χ3v) is 2.87. The van der Waals surface area contributed by atoms with Crippen LogP contribution in [0.4, 0.5) is 17.5 Å². The van der Waals surface area contributed by atoms with E-state index in [1.807, 2.05) is 19.1 Å². The van der Waals surface area contributed by atoms with Gasteiger partial charge < -0.3 is 16.2 Å². The first-order valence-corrected chi connectivity index (χ1v) is 6.09. The van der Waals surface area contributed by atoms with Gasteiger partial charge in [0.2, 0.25) is 5.95 Å². The molecule has 6 nitrogen and oxygen atoms in total. The Morgan fingerprint density at radius 1 is 1.00 bits per heavy atom. The second-order valence-electron chi connectivity index (χ2n) is 4.40. The van der Waals surface area contributed by atoms with Crippen molar-refractivity contribution in [1.82, 2.24) is 15.0 Å². The van der Waals surface area contributed by atoms with E-state index < -0.39 is 0 Å². The van der Waals surface area contributed by atoms with Gasteiger partial charge in [-0.25, -0.2) is 15.0 Å². The Hall–Kier alpha value is -2.89. The van der Waals surface area contributed by atoms with Gasteiger partial charge >= 0.3 is 0 Å². The second-order valence-corrected chi connectivity index (χ2v) is 4.40. The number of aromatic hydroxyl groups is 1. The number of nitrogens with zero attached hydrogens (tertiary/aromatic N) is 3. The van der Waals surface area contributed by atoms with Crippen molar-refractivity contribution < 1.29 is 5.11 Å². The fourth-order valence-electron chi connectivity index (χ4n) is 1.94. The highest BCUT2D eigenvalue weighted by molar-refractivity contribution is 5.79. The molecule has 0 saturated carbocycles. The molecule has 0 aliphatic carbocycles. The van der Waals surface area contributed by atoms with Crippen molar-refractivity contribution in [3.8, 4) is 5.75 Å². The van der Waals surface area contributed by atoms with E-state index in [0.717, 1.165) is 11.4 Å². The van der Waals surface area contributed by atoms with Crippen molar-refractivity contribution in [2.45, 2.75) is 6.92 Å². The van der Waals surface area contributed by atoms with Crippen molar-refractivity contribution in [2.24, 2.45) is 0 Å². The van der Waals surface area contributed by atoms with Crippen molar-refractivity contribution in [3.63, 3.8) is 0 Å². The highest BCUT2D eigenvalue weighted by Gasteiger charge is 2.05. The fourth-order valence-corrected chi connectivity index (χ4v) is 1.94. The lowest BCUT2D eigenvalue weighted by Crippen LogP contribution is -2.00. The summed E-state index contributed by atoms with van der Waals surface area (Å²) in [5, 5.41) is 12.4. The molecule has 20 heavy (non-hydrogen) atoms. The minimum atomic E-state index is 0.224. The lowest BCUT2D eigenvalue weighted by atomic mass is 10.2. The van der Waals surface area contributed by atoms with Crippen LogP contribution in [-0.4, -0.2) is 20.1 Å². The summed E-state index contributed by atoms with van der Waals surface area (Å²) in [7, 11) is 0. The van der Waals surface area contributed by atoms with E-state index >= 15 is 0 Å². The Morgan fingerprint density at radius 3 is 2.50 bits per heavy atom. The Balaban J connectivity index is 1.98. The van der Waals surface area contributed by atoms with Crippen LogP contribution in [0.3, 0.4) is 0 Å². The molecule has 0 atom stereocenters. The van der Waals surface area contributed by atoms with E-state index in [0.29, 0.717) is 16.9 Å². The van der Waals surface area contributed by atoms with Gasteiger partial charge in [-0.3, -0.25) is 0 Å². The Bertz CT molecular complexity index is 770. The molecule has 4 N–H and O–H groups in total. The molecule has 0 aliphatic rings. The molecule has 0 aliphatic heterocycles. The van der Waals surface area contributed by atoms with E-state index in [1.165, 1.54) is 0 Å². The average molecular weight is 267 g/mol. The third kappa shape index (κ3) is 2.31. The summed E-state index contributed by atoms with van der Waals surface area (Å²) in [6.45, 7) is 1.84. The van der Waals surface area contributed by atoms with Crippen LogP contribution < -0.4 is 11.1 Å². The van der Waals surface area contributed by atoms with E-state index in [4.69, 9.17) is 5.73 Å². The van der Waals surface area contributed by atoms with Gasteiger partial charge in [-0.05, 0) is 43.3 Å². The lowest BCUT2D eigenvalue weighted by Gasteiger charge is -2.08. The van der Waals surface area contributed by atoms with Crippen LogP contribution in [0.5, 0.6) is 5.75 Å². The SMILES string of the molecule is Cc1nc(N)nc2ccc(Nc3ccc(O)cc3)nc12. The van der Waals surface area contributed by atoms with Crippen LogP contribution >= 0.6 is 0 Å². The number of phenolic OH excluding ortho intramolecular Hbond substituents is 1. The normalized spacial score (nSPS) is 10.7. The monoisotopic (exact) mass is 267 g/mol. The number of aryl methyl sites for hydroxylation is 1. The molecule has 3 rings (SSSR count). The predicted molar refractivity (Wildman–Crippen MR) is 77.9 cm³/mol. The van der Waals surface area contributed by atoms with Crippen LogP contribution in [0.25, 0.3) is 11.0 Å². The van der Waals surface area contributed by atoms with E-state index in [-0.39, 0.29) is 11.7 Å². The zero-order valence-electron chi connectivity index (χ0n) is 10.8. The lowest BCUT2D eigenvalue weighted by molar-refractivity contribution is 0.475. The Morgan fingerprint density at radius 2 is 1.75 bits per heavy atom. The summed E-state index contributed by atoms with van der Waals surface area (Å²) in [4.78, 5) is 12.7. The first-order chi connectivity index (χ1) is 9.61. The quantitative estimate of drug-likeness (QED) is 0.617. The number of aromatic nitrogens is 3. The van der Waals surface area contributed by atoms with E-state index in [2.05, 4.69) is 20.3 Å². The summed E-state index contributed by atoms with van der Waals surface area (Å²) in [5.74, 6) is 1.15. The van der Waals surface area contributed by atoms with Gasteiger partial charge in [-0.15, -0.1) is 0 Å². The molecular weight excluding hydrogens is 254 g/mol. The van der Waals surface area contributed by atoms with E-state index in [1.54, 1.807) is 24.3 Å². The number of hydrogen-bond donors (Lipinski definition) is 3. The molecule has 2 heterocycles. The van der Waals surface area contributed by atoms with Crippen LogP contribution in [0, 0.1) is 6.92 Å². The number of benzene rings is 1. The van der Waals surface area contributed by atoms with Crippen LogP contribution in [0.2, 0.25) is 0 Å². The maximum atomic E-state index is 9.25. The summed E-state index contributed by atoms with van der Waals surface area (Å²) in [6, 6.07) is 10.4. The van der Waals surface area contributed by atoms with Crippen molar-refractivity contribution in [3.05, 3.63) is 42.1 Å². The smallest absolute Gasteiger partial charge is 0.220 e. The van der Waals surface area contributed by atoms with Gasteiger partial charge in [0.15, 0.2) is 0 Å². The largest absolute Gasteiger partial charge is 0.508 e. The summed E-state index contributed by atoms with van der Waals surface area (Å²) in [6.07, 6.45) is 0. The number of nitrogen functional groups attached to an aromatic ring is 1. The molecule has 0 unspecified atom stereocenters. The molecule has 6 heteroatoms. The topological polar surface area (TPSA) is 97.0 Å². The van der Waals surface area contributed by atoms with Gasteiger partial charge in [-0.2, -0.15) is 0 Å². The number of nitrogens with two attached hydrogens (primary N) is 1. The molecule has 3 aromatic rings. The summed E-state index contributed by atoms with van der Waals surface area (Å²) >= 11 is 0. The van der Waals surface area contributed by atoms with Gasteiger partial charge in [0.05, 0.1) is 11.2 Å². The molecule has 0 spiro atoms. The van der Waals surface area contributed by atoms with Gasteiger partial charge in [0.25, 0.3) is 0 Å². The molecule has 0 amide bonds. The number of rotatable bonds is 2. The minimum Gasteiger partial charge on any atom is -0.508 e. The van der Waals surface area contributed by atoms with Gasteiger partial charge in [0, 0.05) is 5.69 Å². The van der Waals surface area contributed by atoms with E-state index in [9.17, 15) is 5.11 Å². The molecule has 0 saturated heterocycles. The standard InChI is InChI=1S/C14H13N5O/c1-8-13-11(18-14(15)16-8)6-7-12(19-13)17-9-2-4-10(20)5-3-9/h2-7,20H,1H3,(H,17,19)(H2,15,16,18). The molecule has 0 radical (unpaired) electrons. The fraction of sp³-hybridized carbons (Fsp3) is 0.0714. The number of nitrogens with one attached hydrogen (secondary N) is 1. The maximum Gasteiger partial charge on any atom is 0.220 e. The zero-order chi connectivity index (χ0) is 14.1. The second kappa shape index (κ2) is 4.65. The summed E-state index contributed by atoms with van der Waals surface area (Å²) in [5.41, 5.74) is 8.61. The van der Waals surface area contributed by atoms with Gasteiger partial charge in [0.1, 0.15) is 17.1 Å². The molecular formula is C14H13N5O. The number of phenols is 1. The van der Waals surface area contributed by atoms with Crippen LogP contribution in [0.1, 0.15) is 5.69 Å².